The molecule has 0 fully saturated rings. The second-order valence-electron chi connectivity index (χ2n) is 7.68. The molecule has 4 rings (SSSR count). The van der Waals surface area contributed by atoms with Gasteiger partial charge in [-0.15, -0.1) is 11.3 Å². The highest BCUT2D eigenvalue weighted by atomic mass is 32.1. The molecule has 33 heavy (non-hydrogen) atoms. The third kappa shape index (κ3) is 5.81. The number of hydrogen-bond acceptors (Lipinski definition) is 4. The van der Waals surface area contributed by atoms with Crippen molar-refractivity contribution in [3.63, 3.8) is 0 Å². The molecule has 2 aromatic carbocycles. The largest absolute Gasteiger partial charge is 0.323 e. The number of amides is 1. The Bertz CT molecular complexity index is 1260. The Morgan fingerprint density at radius 3 is 2.58 bits per heavy atom. The van der Waals surface area contributed by atoms with E-state index in [4.69, 9.17) is 0 Å². The number of aryl methyl sites for hydroxylation is 4. The summed E-state index contributed by atoms with van der Waals surface area (Å²) in [5.41, 5.74) is 5.50. The molecular weight excluding hydrogens is 435 g/mol. The minimum atomic E-state index is -0.294. The SMILES string of the molecule is CCc1nc(CCc2ccc(NC(=O)C=Cc3cnn(C)c3-c3ccc(F)cc3)cc2)cs1. The summed E-state index contributed by atoms with van der Waals surface area (Å²) < 4.78 is 15.0. The quantitative estimate of drug-likeness (QED) is 0.344. The Balaban J connectivity index is 1.36. The van der Waals surface area contributed by atoms with Crippen LogP contribution < -0.4 is 5.32 Å². The smallest absolute Gasteiger partial charge is 0.248 e. The Morgan fingerprint density at radius 1 is 1.12 bits per heavy atom. The van der Waals surface area contributed by atoms with Gasteiger partial charge in [-0.25, -0.2) is 9.37 Å². The molecule has 0 aliphatic heterocycles. The van der Waals surface area contributed by atoms with Gasteiger partial charge in [0.1, 0.15) is 5.82 Å². The summed E-state index contributed by atoms with van der Waals surface area (Å²) in [7, 11) is 1.81. The molecule has 0 saturated heterocycles. The predicted molar refractivity (Wildman–Crippen MR) is 132 cm³/mol. The first kappa shape index (κ1) is 22.6. The van der Waals surface area contributed by atoms with Gasteiger partial charge in [-0.2, -0.15) is 5.10 Å². The van der Waals surface area contributed by atoms with Crippen molar-refractivity contribution in [3.05, 3.63) is 93.8 Å². The number of thiazole rings is 1. The number of nitrogens with one attached hydrogen (secondary N) is 1. The fourth-order valence-electron chi connectivity index (χ4n) is 3.54. The van der Waals surface area contributed by atoms with Crippen LogP contribution in [0.3, 0.4) is 0 Å². The molecule has 0 atom stereocenters. The van der Waals surface area contributed by atoms with Crippen molar-refractivity contribution in [2.24, 2.45) is 7.05 Å². The van der Waals surface area contributed by atoms with Crippen LogP contribution in [0.25, 0.3) is 17.3 Å². The summed E-state index contributed by atoms with van der Waals surface area (Å²) in [5.74, 6) is -0.525. The molecular formula is C26H25FN4OS. The molecule has 0 unspecified atom stereocenters. The van der Waals surface area contributed by atoms with Crippen molar-refractivity contribution in [3.8, 4) is 11.3 Å². The number of hydrogen-bond donors (Lipinski definition) is 1. The number of halogens is 1. The van der Waals surface area contributed by atoms with Crippen LogP contribution in [-0.2, 0) is 31.1 Å². The molecule has 2 aromatic heterocycles. The van der Waals surface area contributed by atoms with Crippen LogP contribution >= 0.6 is 11.3 Å². The van der Waals surface area contributed by atoms with E-state index in [-0.39, 0.29) is 11.7 Å². The van der Waals surface area contributed by atoms with Crippen LogP contribution in [0.2, 0.25) is 0 Å². The topological polar surface area (TPSA) is 59.8 Å². The van der Waals surface area contributed by atoms with Gasteiger partial charge in [-0.05, 0) is 67.3 Å². The molecule has 0 radical (unpaired) electrons. The summed E-state index contributed by atoms with van der Waals surface area (Å²) >= 11 is 1.71. The van der Waals surface area contributed by atoms with Crippen LogP contribution in [0.4, 0.5) is 10.1 Å². The minimum Gasteiger partial charge on any atom is -0.323 e. The molecule has 0 aliphatic rings. The standard InChI is InChI=1S/C26H25FN4OS/c1-3-25-30-23(17-33-25)14-6-18-4-12-22(13-5-18)29-24(32)15-9-20-16-28-31(2)26(20)19-7-10-21(27)11-8-19/h4-5,7-13,15-17H,3,6,14H2,1-2H3,(H,29,32). The number of nitrogens with zero attached hydrogens (tertiary/aromatic N) is 3. The van der Waals surface area contributed by atoms with Gasteiger partial charge in [-0.1, -0.05) is 19.1 Å². The molecule has 0 saturated carbocycles. The zero-order valence-corrected chi connectivity index (χ0v) is 19.4. The highest BCUT2D eigenvalue weighted by molar-refractivity contribution is 7.09. The first-order chi connectivity index (χ1) is 16.0. The van der Waals surface area contributed by atoms with E-state index in [2.05, 4.69) is 27.7 Å². The summed E-state index contributed by atoms with van der Waals surface area (Å²) in [5, 5.41) is 10.5. The van der Waals surface area contributed by atoms with E-state index in [0.29, 0.717) is 0 Å². The Morgan fingerprint density at radius 2 is 1.88 bits per heavy atom. The molecule has 0 aliphatic carbocycles. The first-order valence-corrected chi connectivity index (χ1v) is 11.7. The lowest BCUT2D eigenvalue weighted by Gasteiger charge is -2.05. The van der Waals surface area contributed by atoms with Crippen molar-refractivity contribution in [1.29, 1.82) is 0 Å². The molecule has 4 aromatic rings. The fraction of sp³-hybridized carbons (Fsp3) is 0.192. The summed E-state index contributed by atoms with van der Waals surface area (Å²) in [4.78, 5) is 17.0. The Kier molecular flexibility index (Phi) is 7.10. The first-order valence-electron chi connectivity index (χ1n) is 10.8. The molecule has 7 heteroatoms. The third-order valence-electron chi connectivity index (χ3n) is 5.29. The van der Waals surface area contributed by atoms with Gasteiger partial charge in [0.05, 0.1) is 22.6 Å². The van der Waals surface area contributed by atoms with Crippen molar-refractivity contribution >= 4 is 29.0 Å². The maximum absolute atomic E-state index is 13.3. The van der Waals surface area contributed by atoms with Crippen LogP contribution in [0.1, 0.15) is 28.8 Å². The molecule has 0 spiro atoms. The number of anilines is 1. The van der Waals surface area contributed by atoms with E-state index in [9.17, 15) is 9.18 Å². The van der Waals surface area contributed by atoms with E-state index in [1.165, 1.54) is 28.8 Å². The number of carbonyl (C=O) groups excluding carboxylic acids is 1. The lowest BCUT2D eigenvalue weighted by atomic mass is 10.1. The van der Waals surface area contributed by atoms with E-state index in [1.54, 1.807) is 40.4 Å². The molecule has 1 N–H and O–H groups in total. The second-order valence-corrected chi connectivity index (χ2v) is 8.63. The number of benzene rings is 2. The summed E-state index contributed by atoms with van der Waals surface area (Å²) in [6, 6.07) is 14.1. The average molecular weight is 461 g/mol. The van der Waals surface area contributed by atoms with Gasteiger partial charge in [0.2, 0.25) is 5.91 Å². The van der Waals surface area contributed by atoms with Crippen molar-refractivity contribution in [2.45, 2.75) is 26.2 Å². The molecule has 168 valence electrons. The Labute approximate surface area is 196 Å². The zero-order chi connectivity index (χ0) is 23.2. The van der Waals surface area contributed by atoms with E-state index < -0.39 is 0 Å². The van der Waals surface area contributed by atoms with E-state index in [0.717, 1.165) is 47.5 Å². The maximum Gasteiger partial charge on any atom is 0.248 e. The molecule has 0 bridgehead atoms. The van der Waals surface area contributed by atoms with E-state index >= 15 is 0 Å². The number of carbonyl (C=O) groups is 1. The summed E-state index contributed by atoms with van der Waals surface area (Å²) in [6.07, 6.45) is 7.67. The van der Waals surface area contributed by atoms with Gasteiger partial charge in [0.15, 0.2) is 0 Å². The normalized spacial score (nSPS) is 11.2. The third-order valence-corrected chi connectivity index (χ3v) is 6.33. The minimum absolute atomic E-state index is 0.230. The maximum atomic E-state index is 13.3. The van der Waals surface area contributed by atoms with Crippen LogP contribution in [-0.4, -0.2) is 20.7 Å². The van der Waals surface area contributed by atoms with Crippen molar-refractivity contribution in [2.75, 3.05) is 5.32 Å². The predicted octanol–water partition coefficient (Wildman–Crippen LogP) is 5.68. The summed E-state index contributed by atoms with van der Waals surface area (Å²) in [6.45, 7) is 2.12. The second kappa shape index (κ2) is 10.4. The monoisotopic (exact) mass is 460 g/mol. The molecule has 2 heterocycles. The average Bonchev–Trinajstić information content (AvgIpc) is 3.44. The lowest BCUT2D eigenvalue weighted by Crippen LogP contribution is -2.07. The van der Waals surface area contributed by atoms with Crippen LogP contribution in [0, 0.1) is 5.82 Å². The van der Waals surface area contributed by atoms with Gasteiger partial charge in [0, 0.05) is 35.3 Å². The lowest BCUT2D eigenvalue weighted by molar-refractivity contribution is -0.111. The highest BCUT2D eigenvalue weighted by Gasteiger charge is 2.10. The number of rotatable bonds is 8. The fourth-order valence-corrected chi connectivity index (χ4v) is 4.32. The van der Waals surface area contributed by atoms with Crippen LogP contribution in [0.5, 0.6) is 0 Å². The van der Waals surface area contributed by atoms with Crippen LogP contribution in [0.15, 0.2) is 66.2 Å². The molecule has 5 nitrogen and oxygen atoms in total. The van der Waals surface area contributed by atoms with Gasteiger partial charge in [-0.3, -0.25) is 9.48 Å². The van der Waals surface area contributed by atoms with Gasteiger partial charge >= 0.3 is 0 Å². The zero-order valence-electron chi connectivity index (χ0n) is 18.6. The highest BCUT2D eigenvalue weighted by Crippen LogP contribution is 2.24. The van der Waals surface area contributed by atoms with Crippen molar-refractivity contribution in [1.82, 2.24) is 14.8 Å². The molecule has 1 amide bonds. The van der Waals surface area contributed by atoms with E-state index in [1.807, 2.05) is 31.3 Å². The van der Waals surface area contributed by atoms with Gasteiger partial charge < -0.3 is 5.32 Å². The van der Waals surface area contributed by atoms with Gasteiger partial charge in [0.25, 0.3) is 0 Å². The Hall–Kier alpha value is -3.58. The van der Waals surface area contributed by atoms with Crippen molar-refractivity contribution < 1.29 is 9.18 Å². The number of aromatic nitrogens is 3.